The number of halogens is 6. The van der Waals surface area contributed by atoms with Crippen LogP contribution in [-0.4, -0.2) is 31.9 Å². The molecule has 1 atom stereocenters. The molecule has 1 aromatic rings. The van der Waals surface area contributed by atoms with E-state index in [0.29, 0.717) is 17.9 Å². The molecule has 0 aromatic heterocycles. The zero-order valence-electron chi connectivity index (χ0n) is 15.1. The van der Waals surface area contributed by atoms with Crippen LogP contribution < -0.4 is 0 Å². The molecule has 29 heavy (non-hydrogen) atoms. The third-order valence-electron chi connectivity index (χ3n) is 4.92. The highest BCUT2D eigenvalue weighted by Crippen LogP contribution is 2.40. The Morgan fingerprint density at radius 3 is 2.17 bits per heavy atom. The second-order valence-electron chi connectivity index (χ2n) is 7.35. The second kappa shape index (κ2) is 7.82. The van der Waals surface area contributed by atoms with Crippen LogP contribution >= 0.6 is 0 Å². The smallest absolute Gasteiger partial charge is 0.381 e. The molecule has 2 aliphatic rings. The van der Waals surface area contributed by atoms with Crippen LogP contribution in [0.25, 0.3) is 0 Å². The molecule has 11 heteroatoms. The minimum Gasteiger partial charge on any atom is -0.381 e. The van der Waals surface area contributed by atoms with Gasteiger partial charge in [0.05, 0.1) is 5.56 Å². The third kappa shape index (κ3) is 5.65. The molecule has 0 spiro atoms. The van der Waals surface area contributed by atoms with Crippen LogP contribution in [0.2, 0.25) is 0 Å². The summed E-state index contributed by atoms with van der Waals surface area (Å²) in [5.41, 5.74) is -5.65. The van der Waals surface area contributed by atoms with Crippen LogP contribution in [0.3, 0.4) is 0 Å². The zero-order valence-corrected chi connectivity index (χ0v) is 15.9. The molecule has 0 N–H and O–H groups in total. The molecular formula is C18H19F6NO3S. The Morgan fingerprint density at radius 1 is 1.03 bits per heavy atom. The van der Waals surface area contributed by atoms with E-state index in [0.717, 1.165) is 25.0 Å². The maximum absolute atomic E-state index is 12.7. The molecule has 1 aliphatic heterocycles. The second-order valence-corrected chi connectivity index (χ2v) is 8.89. The summed E-state index contributed by atoms with van der Waals surface area (Å²) in [6.45, 7) is 0.677. The van der Waals surface area contributed by atoms with Gasteiger partial charge in [-0.25, -0.2) is 0 Å². The predicted molar refractivity (Wildman–Crippen MR) is 91.7 cm³/mol. The topological polar surface area (TPSA) is 46.6 Å². The minimum absolute atomic E-state index is 0.130. The quantitative estimate of drug-likeness (QED) is 0.364. The van der Waals surface area contributed by atoms with Gasteiger partial charge in [0.2, 0.25) is 0 Å². The highest BCUT2D eigenvalue weighted by atomic mass is 32.2. The molecule has 1 aliphatic carbocycles. The van der Waals surface area contributed by atoms with Crippen molar-refractivity contribution >= 4 is 10.1 Å². The van der Waals surface area contributed by atoms with Crippen LogP contribution in [0.15, 0.2) is 36.1 Å². The van der Waals surface area contributed by atoms with Gasteiger partial charge in [0, 0.05) is 25.6 Å². The highest BCUT2D eigenvalue weighted by Gasteiger charge is 2.49. The average Bonchev–Trinajstić information content (AvgIpc) is 3.40. The minimum atomic E-state index is -5.73. The van der Waals surface area contributed by atoms with Crippen LogP contribution in [0, 0.1) is 11.8 Å². The van der Waals surface area contributed by atoms with Crippen LogP contribution in [0.1, 0.15) is 30.4 Å². The summed E-state index contributed by atoms with van der Waals surface area (Å²) in [6, 6.07) is 4.65. The number of rotatable bonds is 6. The summed E-state index contributed by atoms with van der Waals surface area (Å²) in [7, 11) is -5.73. The van der Waals surface area contributed by atoms with Crippen LogP contribution in [0.4, 0.5) is 26.3 Å². The van der Waals surface area contributed by atoms with Gasteiger partial charge >= 0.3 is 21.8 Å². The third-order valence-corrected chi connectivity index (χ3v) is 5.90. The van der Waals surface area contributed by atoms with Crippen molar-refractivity contribution in [2.75, 3.05) is 13.1 Å². The summed E-state index contributed by atoms with van der Waals surface area (Å²) in [4.78, 5) is 1.84. The van der Waals surface area contributed by atoms with Crippen molar-refractivity contribution in [3.8, 4) is 0 Å². The SMILES string of the molecule is O=S(=O)(OC1=CCN(Cc2ccc(C(F)(F)F)cc2)CC1CC1CC1)C(F)(F)F. The molecule has 1 unspecified atom stereocenters. The monoisotopic (exact) mass is 443 g/mol. The lowest BCUT2D eigenvalue weighted by Crippen LogP contribution is -2.37. The molecule has 0 amide bonds. The molecule has 1 saturated carbocycles. The summed E-state index contributed by atoms with van der Waals surface area (Å²) >= 11 is 0. The first kappa shape index (κ1) is 21.9. The van der Waals surface area contributed by atoms with E-state index in [-0.39, 0.29) is 25.4 Å². The Morgan fingerprint density at radius 2 is 1.66 bits per heavy atom. The van der Waals surface area contributed by atoms with Gasteiger partial charge < -0.3 is 4.18 Å². The summed E-state index contributed by atoms with van der Waals surface area (Å²) in [5, 5.41) is 0. The molecule has 3 rings (SSSR count). The van der Waals surface area contributed by atoms with E-state index in [1.807, 2.05) is 4.90 Å². The summed E-state index contributed by atoms with van der Waals surface area (Å²) < 4.78 is 103. The van der Waals surface area contributed by atoms with Crippen LogP contribution in [0.5, 0.6) is 0 Å². The van der Waals surface area contributed by atoms with Gasteiger partial charge in [-0.1, -0.05) is 25.0 Å². The maximum atomic E-state index is 12.7. The Hall–Kier alpha value is -1.75. The fourth-order valence-electron chi connectivity index (χ4n) is 3.27. The predicted octanol–water partition coefficient (Wildman–Crippen LogP) is 4.69. The van der Waals surface area contributed by atoms with Gasteiger partial charge in [0.15, 0.2) is 0 Å². The summed E-state index contributed by atoms with van der Waals surface area (Å²) in [5.74, 6) is -0.424. The average molecular weight is 443 g/mol. The van der Waals surface area contributed by atoms with E-state index in [1.165, 1.54) is 18.2 Å². The first-order valence-corrected chi connectivity index (χ1v) is 10.4. The lowest BCUT2D eigenvalue weighted by Gasteiger charge is -2.32. The van der Waals surface area contributed by atoms with Crippen molar-refractivity contribution in [3.63, 3.8) is 0 Å². The molecule has 4 nitrogen and oxygen atoms in total. The van der Waals surface area contributed by atoms with Crippen molar-refractivity contribution in [3.05, 3.63) is 47.2 Å². The lowest BCUT2D eigenvalue weighted by atomic mass is 9.96. The lowest BCUT2D eigenvalue weighted by molar-refractivity contribution is -0.137. The largest absolute Gasteiger partial charge is 0.534 e. The number of benzene rings is 1. The van der Waals surface area contributed by atoms with E-state index in [9.17, 15) is 34.8 Å². The fourth-order valence-corrected chi connectivity index (χ4v) is 3.82. The zero-order chi connectivity index (χ0) is 21.4. The number of hydrogen-bond acceptors (Lipinski definition) is 4. The number of hydrogen-bond donors (Lipinski definition) is 0. The first-order chi connectivity index (χ1) is 13.3. The van der Waals surface area contributed by atoms with E-state index in [2.05, 4.69) is 4.18 Å². The van der Waals surface area contributed by atoms with Gasteiger partial charge in [-0.05, 0) is 36.1 Å². The Bertz CT molecular complexity index is 857. The van der Waals surface area contributed by atoms with E-state index < -0.39 is 33.3 Å². The summed E-state index contributed by atoms with van der Waals surface area (Å²) in [6.07, 6.45) is -0.770. The molecule has 0 bridgehead atoms. The van der Waals surface area contributed by atoms with E-state index in [4.69, 9.17) is 0 Å². The molecule has 0 saturated heterocycles. The highest BCUT2D eigenvalue weighted by molar-refractivity contribution is 7.87. The van der Waals surface area contributed by atoms with Crippen LogP contribution in [-0.2, 0) is 27.0 Å². The van der Waals surface area contributed by atoms with Gasteiger partial charge in [0.1, 0.15) is 5.76 Å². The maximum Gasteiger partial charge on any atom is 0.534 e. The Balaban J connectivity index is 1.71. The molecule has 0 radical (unpaired) electrons. The van der Waals surface area contributed by atoms with Gasteiger partial charge in [-0.2, -0.15) is 34.8 Å². The van der Waals surface area contributed by atoms with Crippen molar-refractivity contribution < 1.29 is 38.9 Å². The molecule has 1 fully saturated rings. The molecule has 1 aromatic carbocycles. The van der Waals surface area contributed by atoms with Crippen molar-refractivity contribution in [1.29, 1.82) is 0 Å². The number of nitrogens with zero attached hydrogens (tertiary/aromatic N) is 1. The Kier molecular flexibility index (Phi) is 5.92. The molecular weight excluding hydrogens is 424 g/mol. The normalized spacial score (nSPS) is 21.7. The number of alkyl halides is 6. The fraction of sp³-hybridized carbons (Fsp3) is 0.556. The Labute approximate surface area is 164 Å². The van der Waals surface area contributed by atoms with Crippen molar-refractivity contribution in [2.45, 2.75) is 37.5 Å². The van der Waals surface area contributed by atoms with E-state index in [1.54, 1.807) is 0 Å². The van der Waals surface area contributed by atoms with E-state index >= 15 is 0 Å². The first-order valence-electron chi connectivity index (χ1n) is 8.94. The standard InChI is InChI=1S/C18H19F6NO3S/c19-17(20,21)15-5-3-13(4-6-15)10-25-8-7-16(14(11-25)9-12-1-2-12)28-29(26,27)18(22,23)24/h3-7,12,14H,1-2,8-11H2. The molecule has 162 valence electrons. The van der Waals surface area contributed by atoms with Gasteiger partial charge in [0.25, 0.3) is 0 Å². The van der Waals surface area contributed by atoms with Gasteiger partial charge in [-0.3, -0.25) is 4.90 Å². The molecule has 1 heterocycles. The van der Waals surface area contributed by atoms with Crippen molar-refractivity contribution in [1.82, 2.24) is 4.90 Å². The van der Waals surface area contributed by atoms with Crippen molar-refractivity contribution in [2.24, 2.45) is 11.8 Å². The van der Waals surface area contributed by atoms with Gasteiger partial charge in [-0.15, -0.1) is 0 Å².